The smallest absolute Gasteiger partial charge is 0.327 e. The summed E-state index contributed by atoms with van der Waals surface area (Å²) in [5, 5.41) is 13.8. The highest BCUT2D eigenvalue weighted by molar-refractivity contribution is 9.11. The molecule has 0 aromatic carbocycles. The maximum absolute atomic E-state index is 10.6. The van der Waals surface area contributed by atoms with Gasteiger partial charge in [-0.15, -0.1) is 0 Å². The molecule has 0 aliphatic rings. The molecule has 80 valence electrons. The highest BCUT2D eigenvalue weighted by Gasteiger charge is 2.17. The fourth-order valence-corrected chi connectivity index (χ4v) is 0.996. The molecule has 0 aromatic heterocycles. The van der Waals surface area contributed by atoms with E-state index in [1.54, 1.807) is 0 Å². The highest BCUT2D eigenvalue weighted by atomic mass is 79.9. The van der Waals surface area contributed by atoms with Crippen LogP contribution in [-0.2, 0) is 9.59 Å². The normalized spacial score (nSPS) is 11.9. The highest BCUT2D eigenvalue weighted by Crippen LogP contribution is 1.96. The van der Waals surface area contributed by atoms with Gasteiger partial charge >= 0.3 is 5.97 Å². The molecule has 0 saturated carbocycles. The number of aliphatic carboxylic acids is 1. The van der Waals surface area contributed by atoms with E-state index in [-0.39, 0.29) is 12.5 Å². The van der Waals surface area contributed by atoms with E-state index >= 15 is 0 Å². The van der Waals surface area contributed by atoms with Gasteiger partial charge in [-0.1, -0.05) is 22.5 Å². The van der Waals surface area contributed by atoms with Gasteiger partial charge in [0, 0.05) is 24.5 Å². The quantitative estimate of drug-likeness (QED) is 0.635. The number of carboxylic acids is 1. The molecule has 0 saturated heterocycles. The van der Waals surface area contributed by atoms with Crippen LogP contribution in [0.2, 0.25) is 0 Å². The van der Waals surface area contributed by atoms with Gasteiger partial charge in [0.1, 0.15) is 6.04 Å². The SMILES string of the molecule is C=C(Br)CNCC(NC(C)=O)C(=O)O. The average molecular weight is 265 g/mol. The molecule has 0 aliphatic heterocycles. The molecule has 1 atom stereocenters. The number of hydrogen-bond donors (Lipinski definition) is 3. The van der Waals surface area contributed by atoms with Crippen LogP contribution in [-0.4, -0.2) is 36.1 Å². The molecule has 6 heteroatoms. The summed E-state index contributed by atoms with van der Waals surface area (Å²) in [5.41, 5.74) is 0. The van der Waals surface area contributed by atoms with Crippen molar-refractivity contribution in [3.05, 3.63) is 11.1 Å². The Balaban J connectivity index is 3.91. The van der Waals surface area contributed by atoms with Gasteiger partial charge in [-0.2, -0.15) is 0 Å². The minimum atomic E-state index is -1.06. The Kier molecular flexibility index (Phi) is 6.14. The number of carbonyl (C=O) groups is 2. The molecular weight excluding hydrogens is 252 g/mol. The van der Waals surface area contributed by atoms with Crippen molar-refractivity contribution in [2.24, 2.45) is 0 Å². The van der Waals surface area contributed by atoms with Crippen molar-refractivity contribution in [3.8, 4) is 0 Å². The van der Waals surface area contributed by atoms with Crippen LogP contribution in [0, 0.1) is 0 Å². The topological polar surface area (TPSA) is 78.4 Å². The first kappa shape index (κ1) is 13.1. The summed E-state index contributed by atoms with van der Waals surface area (Å²) < 4.78 is 0.726. The Morgan fingerprint density at radius 1 is 1.57 bits per heavy atom. The Morgan fingerprint density at radius 2 is 2.14 bits per heavy atom. The predicted octanol–water partition coefficient (Wildman–Crippen LogP) is 0.0739. The van der Waals surface area contributed by atoms with Crippen LogP contribution < -0.4 is 10.6 Å². The third kappa shape index (κ3) is 6.62. The fourth-order valence-electron chi connectivity index (χ4n) is 0.798. The molecule has 1 unspecified atom stereocenters. The first-order valence-corrected chi connectivity index (χ1v) is 4.76. The fraction of sp³-hybridized carbons (Fsp3) is 0.500. The van der Waals surface area contributed by atoms with Crippen molar-refractivity contribution in [2.75, 3.05) is 13.1 Å². The van der Waals surface area contributed by atoms with E-state index in [0.717, 1.165) is 4.48 Å². The zero-order valence-corrected chi connectivity index (χ0v) is 9.43. The van der Waals surface area contributed by atoms with Crippen LogP contribution >= 0.6 is 15.9 Å². The molecule has 0 aromatic rings. The third-order valence-electron chi connectivity index (χ3n) is 1.34. The van der Waals surface area contributed by atoms with Crippen LogP contribution in [0.15, 0.2) is 11.1 Å². The zero-order chi connectivity index (χ0) is 11.1. The minimum Gasteiger partial charge on any atom is -0.480 e. The summed E-state index contributed by atoms with van der Waals surface area (Å²) >= 11 is 3.12. The lowest BCUT2D eigenvalue weighted by atomic mass is 10.3. The van der Waals surface area contributed by atoms with Gasteiger partial charge < -0.3 is 15.7 Å². The maximum Gasteiger partial charge on any atom is 0.327 e. The maximum atomic E-state index is 10.6. The van der Waals surface area contributed by atoms with Crippen molar-refractivity contribution < 1.29 is 14.7 Å². The summed E-state index contributed by atoms with van der Waals surface area (Å²) in [6, 6.07) is -0.903. The van der Waals surface area contributed by atoms with E-state index in [2.05, 4.69) is 33.1 Å². The molecule has 14 heavy (non-hydrogen) atoms. The number of nitrogens with one attached hydrogen (secondary N) is 2. The van der Waals surface area contributed by atoms with E-state index in [9.17, 15) is 9.59 Å². The summed E-state index contributed by atoms with van der Waals surface area (Å²) in [5.74, 6) is -1.43. The van der Waals surface area contributed by atoms with Crippen molar-refractivity contribution in [1.29, 1.82) is 0 Å². The molecule has 0 spiro atoms. The van der Waals surface area contributed by atoms with Gasteiger partial charge in [0.15, 0.2) is 0 Å². The molecule has 0 radical (unpaired) electrons. The molecule has 1 amide bonds. The van der Waals surface area contributed by atoms with Crippen molar-refractivity contribution >= 4 is 27.8 Å². The second-order valence-corrected chi connectivity index (χ2v) is 3.86. The third-order valence-corrected chi connectivity index (χ3v) is 1.62. The number of hydrogen-bond acceptors (Lipinski definition) is 3. The Morgan fingerprint density at radius 3 is 2.50 bits per heavy atom. The van der Waals surface area contributed by atoms with E-state index < -0.39 is 12.0 Å². The molecule has 3 N–H and O–H groups in total. The molecule has 0 heterocycles. The molecule has 0 rings (SSSR count). The monoisotopic (exact) mass is 264 g/mol. The molecule has 0 fully saturated rings. The second kappa shape index (κ2) is 6.56. The summed E-state index contributed by atoms with van der Waals surface area (Å²) in [6.45, 7) is 5.48. The molecule has 0 bridgehead atoms. The van der Waals surface area contributed by atoms with Gasteiger partial charge in [-0.3, -0.25) is 4.79 Å². The largest absolute Gasteiger partial charge is 0.480 e. The second-order valence-electron chi connectivity index (χ2n) is 2.74. The first-order chi connectivity index (χ1) is 6.43. The Hall–Kier alpha value is -0.880. The van der Waals surface area contributed by atoms with E-state index in [0.29, 0.717) is 6.54 Å². The number of amides is 1. The van der Waals surface area contributed by atoms with Crippen LogP contribution in [0.3, 0.4) is 0 Å². The van der Waals surface area contributed by atoms with Crippen LogP contribution in [0.4, 0.5) is 0 Å². The average Bonchev–Trinajstić information content (AvgIpc) is 2.00. The summed E-state index contributed by atoms with van der Waals surface area (Å²) in [4.78, 5) is 21.2. The van der Waals surface area contributed by atoms with Crippen molar-refractivity contribution in [3.63, 3.8) is 0 Å². The van der Waals surface area contributed by atoms with Crippen LogP contribution in [0.1, 0.15) is 6.92 Å². The van der Waals surface area contributed by atoms with Crippen molar-refractivity contribution in [2.45, 2.75) is 13.0 Å². The number of rotatable bonds is 6. The van der Waals surface area contributed by atoms with Crippen molar-refractivity contribution in [1.82, 2.24) is 10.6 Å². The van der Waals surface area contributed by atoms with E-state index in [4.69, 9.17) is 5.11 Å². The lowest BCUT2D eigenvalue weighted by Crippen LogP contribution is -2.46. The van der Waals surface area contributed by atoms with Crippen LogP contribution in [0.5, 0.6) is 0 Å². The molecular formula is C8H13BrN2O3. The van der Waals surface area contributed by atoms with Gasteiger partial charge in [-0.05, 0) is 0 Å². The Labute approximate surface area is 90.7 Å². The number of halogens is 1. The van der Waals surface area contributed by atoms with Gasteiger partial charge in [-0.25, -0.2) is 4.79 Å². The summed E-state index contributed by atoms with van der Waals surface area (Å²) in [6.07, 6.45) is 0. The van der Waals surface area contributed by atoms with Gasteiger partial charge in [0.2, 0.25) is 5.91 Å². The first-order valence-electron chi connectivity index (χ1n) is 3.97. The zero-order valence-electron chi connectivity index (χ0n) is 7.84. The standard InChI is InChI=1S/C8H13BrN2O3/c1-5(9)3-10-4-7(8(13)14)11-6(2)12/h7,10H,1,3-4H2,2H3,(H,11,12)(H,13,14). The Bertz CT molecular complexity index is 243. The minimum absolute atomic E-state index is 0.166. The van der Waals surface area contributed by atoms with Gasteiger partial charge in [0.05, 0.1) is 0 Å². The van der Waals surface area contributed by atoms with E-state index in [1.165, 1.54) is 6.92 Å². The molecule has 0 aliphatic carbocycles. The molecule has 5 nitrogen and oxygen atoms in total. The predicted molar refractivity (Wildman–Crippen MR) is 56.2 cm³/mol. The lowest BCUT2D eigenvalue weighted by Gasteiger charge is -2.13. The number of carbonyl (C=O) groups excluding carboxylic acids is 1. The number of carboxylic acid groups (broad SMARTS) is 1. The summed E-state index contributed by atoms with van der Waals surface area (Å²) in [7, 11) is 0. The van der Waals surface area contributed by atoms with Gasteiger partial charge in [0.25, 0.3) is 0 Å². The van der Waals surface area contributed by atoms with E-state index in [1.807, 2.05) is 0 Å². The lowest BCUT2D eigenvalue weighted by molar-refractivity contribution is -0.141. The van der Waals surface area contributed by atoms with Crippen LogP contribution in [0.25, 0.3) is 0 Å².